The second kappa shape index (κ2) is 7.07. The summed E-state index contributed by atoms with van der Waals surface area (Å²) in [5, 5.41) is 0. The van der Waals surface area contributed by atoms with E-state index in [1.54, 1.807) is 24.5 Å². The Hall–Kier alpha value is -2.41. The molecule has 2 aliphatic rings. The van der Waals surface area contributed by atoms with E-state index < -0.39 is 0 Å². The third-order valence-electron chi connectivity index (χ3n) is 5.26. The highest BCUT2D eigenvalue weighted by molar-refractivity contribution is 5.92. The van der Waals surface area contributed by atoms with Crippen molar-refractivity contribution in [3.63, 3.8) is 0 Å². The maximum atomic E-state index is 14.2. The first-order chi connectivity index (χ1) is 12.7. The normalized spacial score (nSPS) is 23.9. The Labute approximate surface area is 152 Å². The van der Waals surface area contributed by atoms with Gasteiger partial charge in [-0.05, 0) is 37.1 Å². The van der Waals surface area contributed by atoms with Gasteiger partial charge in [0.15, 0.2) is 11.6 Å². The Morgan fingerprint density at radius 1 is 1.27 bits per heavy atom. The molecule has 4 rings (SSSR count). The fourth-order valence-corrected chi connectivity index (χ4v) is 4.05. The monoisotopic (exact) mass is 358 g/mol. The average molecular weight is 358 g/mol. The zero-order valence-electron chi connectivity index (χ0n) is 14.7. The van der Waals surface area contributed by atoms with Gasteiger partial charge in [0.05, 0.1) is 13.2 Å². The molecule has 1 atom stereocenters. The predicted octanol–water partition coefficient (Wildman–Crippen LogP) is 2.31. The molecule has 0 bridgehead atoms. The molecule has 0 aliphatic carbocycles. The van der Waals surface area contributed by atoms with Crippen LogP contribution in [0.15, 0.2) is 36.7 Å². The van der Waals surface area contributed by atoms with Crippen molar-refractivity contribution in [3.8, 4) is 0 Å². The number of likely N-dealkylation sites (tertiary alicyclic amines) is 1. The van der Waals surface area contributed by atoms with Crippen molar-refractivity contribution in [1.82, 2.24) is 14.9 Å². The second-order valence-electron chi connectivity index (χ2n) is 7.20. The van der Waals surface area contributed by atoms with E-state index in [-0.39, 0.29) is 17.1 Å². The fourth-order valence-electron chi connectivity index (χ4n) is 4.05. The molecule has 0 saturated carbocycles. The first kappa shape index (κ1) is 17.0. The number of carbonyl (C=O) groups is 1. The number of nitrogens with zero attached hydrogens (tertiary/aromatic N) is 3. The summed E-state index contributed by atoms with van der Waals surface area (Å²) in [6, 6.07) is 6.65. The lowest BCUT2D eigenvalue weighted by molar-refractivity contribution is 0.0133. The van der Waals surface area contributed by atoms with Crippen molar-refractivity contribution >= 4 is 11.7 Å². The highest BCUT2D eigenvalue weighted by Crippen LogP contribution is 2.35. The molecule has 6 nitrogen and oxygen atoms in total. The summed E-state index contributed by atoms with van der Waals surface area (Å²) in [7, 11) is 0. The van der Waals surface area contributed by atoms with E-state index in [0.717, 1.165) is 19.4 Å². The van der Waals surface area contributed by atoms with Crippen molar-refractivity contribution in [1.29, 1.82) is 0 Å². The number of amides is 1. The number of hydrogen-bond acceptors (Lipinski definition) is 4. The van der Waals surface area contributed by atoms with Gasteiger partial charge in [-0.3, -0.25) is 4.79 Å². The molecule has 7 heteroatoms. The molecule has 2 aromatic heterocycles. The molecule has 0 radical (unpaired) electrons. The van der Waals surface area contributed by atoms with Crippen LogP contribution < -0.4 is 4.90 Å². The van der Waals surface area contributed by atoms with Gasteiger partial charge < -0.3 is 19.5 Å². The number of halogens is 1. The lowest BCUT2D eigenvalue weighted by Gasteiger charge is -2.43. The van der Waals surface area contributed by atoms with Gasteiger partial charge in [0, 0.05) is 44.0 Å². The lowest BCUT2D eigenvalue weighted by Crippen LogP contribution is -2.52. The van der Waals surface area contributed by atoms with E-state index in [9.17, 15) is 9.18 Å². The van der Waals surface area contributed by atoms with E-state index in [4.69, 9.17) is 4.74 Å². The number of carbonyl (C=O) groups excluding carboxylic acids is 1. The topological polar surface area (TPSA) is 61.5 Å². The molecular formula is C19H23FN4O2. The number of piperidine rings is 1. The zero-order valence-corrected chi connectivity index (χ0v) is 14.7. The maximum absolute atomic E-state index is 14.2. The molecule has 4 heterocycles. The fraction of sp³-hybridized carbons (Fsp3) is 0.474. The Morgan fingerprint density at radius 3 is 3.00 bits per heavy atom. The molecule has 1 amide bonds. The van der Waals surface area contributed by atoms with Crippen LogP contribution in [-0.2, 0) is 4.74 Å². The lowest BCUT2D eigenvalue weighted by atomic mass is 9.80. The Morgan fingerprint density at radius 2 is 2.19 bits per heavy atom. The van der Waals surface area contributed by atoms with E-state index >= 15 is 0 Å². The molecule has 2 fully saturated rings. The van der Waals surface area contributed by atoms with Gasteiger partial charge in [0.25, 0.3) is 5.91 Å². The second-order valence-corrected chi connectivity index (χ2v) is 7.20. The molecule has 138 valence electrons. The van der Waals surface area contributed by atoms with Gasteiger partial charge in [-0.15, -0.1) is 0 Å². The van der Waals surface area contributed by atoms with E-state index in [2.05, 4.69) is 9.97 Å². The maximum Gasteiger partial charge on any atom is 0.270 e. The molecule has 2 saturated heterocycles. The average Bonchev–Trinajstić information content (AvgIpc) is 3.12. The van der Waals surface area contributed by atoms with Crippen LogP contribution in [0.5, 0.6) is 0 Å². The minimum Gasteiger partial charge on any atom is -0.379 e. The van der Waals surface area contributed by atoms with Gasteiger partial charge in [-0.25, -0.2) is 9.37 Å². The quantitative estimate of drug-likeness (QED) is 0.895. The Bertz CT molecular complexity index is 767. The summed E-state index contributed by atoms with van der Waals surface area (Å²) < 4.78 is 20.1. The van der Waals surface area contributed by atoms with Crippen molar-refractivity contribution in [2.24, 2.45) is 5.41 Å². The first-order valence-electron chi connectivity index (χ1n) is 9.03. The van der Waals surface area contributed by atoms with Crippen molar-refractivity contribution in [2.75, 3.05) is 44.3 Å². The van der Waals surface area contributed by atoms with Crippen LogP contribution in [0.4, 0.5) is 10.2 Å². The minimum atomic E-state index is -0.320. The molecule has 26 heavy (non-hydrogen) atoms. The summed E-state index contributed by atoms with van der Waals surface area (Å²) in [5.41, 5.74) is 0.394. The summed E-state index contributed by atoms with van der Waals surface area (Å²) in [6.45, 7) is 3.68. The molecule has 2 aliphatic heterocycles. The molecule has 0 unspecified atom stereocenters. The molecule has 1 spiro atoms. The number of hydrogen-bond donors (Lipinski definition) is 1. The summed E-state index contributed by atoms with van der Waals surface area (Å²) in [6.07, 6.45) is 5.23. The summed E-state index contributed by atoms with van der Waals surface area (Å²) in [5.74, 6) is 0.0544. The van der Waals surface area contributed by atoms with Crippen molar-refractivity contribution in [3.05, 3.63) is 48.2 Å². The summed E-state index contributed by atoms with van der Waals surface area (Å²) in [4.78, 5) is 23.8. The largest absolute Gasteiger partial charge is 0.379 e. The standard InChI is InChI=1S/C19H23FN4O2/c20-15-4-1-8-22-17(15)23-10-11-26-14-19(12-23)6-3-9-24(13-19)18(25)16-5-2-7-21-16/h1-2,4-5,7-8,21H,3,6,9-14H2/t19-/m1/s1. The third-order valence-corrected chi connectivity index (χ3v) is 5.26. The minimum absolute atomic E-state index is 0.00823. The summed E-state index contributed by atoms with van der Waals surface area (Å²) >= 11 is 0. The van der Waals surface area contributed by atoms with Crippen molar-refractivity contribution < 1.29 is 13.9 Å². The van der Waals surface area contributed by atoms with Gasteiger partial charge in [-0.2, -0.15) is 0 Å². The number of ether oxygens (including phenoxy) is 1. The van der Waals surface area contributed by atoms with Gasteiger partial charge in [0.2, 0.25) is 0 Å². The number of aromatic nitrogens is 2. The molecule has 1 N–H and O–H groups in total. The van der Waals surface area contributed by atoms with Crippen LogP contribution in [0.3, 0.4) is 0 Å². The number of H-pyrrole nitrogens is 1. The zero-order chi connectivity index (χ0) is 18.0. The van der Waals surface area contributed by atoms with Crippen LogP contribution in [0.1, 0.15) is 23.3 Å². The number of pyridine rings is 1. The van der Waals surface area contributed by atoms with Crippen LogP contribution in [0.25, 0.3) is 0 Å². The van der Waals surface area contributed by atoms with Crippen LogP contribution in [0, 0.1) is 11.2 Å². The SMILES string of the molecule is O=C(c1ccc[nH]1)N1CCC[C@]2(COCCN(c3ncccc3F)C2)C1. The number of rotatable bonds is 2. The number of nitrogens with one attached hydrogen (secondary N) is 1. The number of anilines is 1. The smallest absolute Gasteiger partial charge is 0.270 e. The highest BCUT2D eigenvalue weighted by atomic mass is 19.1. The van der Waals surface area contributed by atoms with Gasteiger partial charge in [-0.1, -0.05) is 0 Å². The van der Waals surface area contributed by atoms with Crippen LogP contribution in [0.2, 0.25) is 0 Å². The Balaban J connectivity index is 1.56. The van der Waals surface area contributed by atoms with Crippen LogP contribution >= 0.6 is 0 Å². The predicted molar refractivity (Wildman–Crippen MR) is 95.6 cm³/mol. The van der Waals surface area contributed by atoms with Gasteiger partial charge in [0.1, 0.15) is 5.69 Å². The number of aromatic amines is 1. The van der Waals surface area contributed by atoms with Crippen molar-refractivity contribution in [2.45, 2.75) is 12.8 Å². The van der Waals surface area contributed by atoms with E-state index in [1.165, 1.54) is 6.07 Å². The molecular weight excluding hydrogens is 335 g/mol. The van der Waals surface area contributed by atoms with Crippen LogP contribution in [-0.4, -0.2) is 60.2 Å². The third kappa shape index (κ3) is 3.31. The Kier molecular flexibility index (Phi) is 4.63. The highest BCUT2D eigenvalue weighted by Gasteiger charge is 2.41. The molecule has 2 aromatic rings. The van der Waals surface area contributed by atoms with Gasteiger partial charge >= 0.3 is 0 Å². The van der Waals surface area contributed by atoms with E-state index in [1.807, 2.05) is 15.9 Å². The molecule has 0 aromatic carbocycles. The first-order valence-corrected chi connectivity index (χ1v) is 9.03. The van der Waals surface area contributed by atoms with E-state index in [0.29, 0.717) is 44.4 Å².